The van der Waals surface area contributed by atoms with Gasteiger partial charge < -0.3 is 10.0 Å². The quantitative estimate of drug-likeness (QED) is 0.422. The van der Waals surface area contributed by atoms with Gasteiger partial charge in [0.05, 0.1) is 13.0 Å². The lowest BCUT2D eigenvalue weighted by atomic mass is 10.4. The molecule has 0 aliphatic heterocycles. The Morgan fingerprint density at radius 3 is 2.64 bits per heavy atom. The van der Waals surface area contributed by atoms with Crippen molar-refractivity contribution in [1.82, 2.24) is 4.90 Å². The Kier molecular flexibility index (Phi) is 5.73. The number of nitrogens with zero attached hydrogens (tertiary/aromatic N) is 1. The van der Waals surface area contributed by atoms with Crippen LogP contribution in [0.15, 0.2) is 0 Å². The maximum atomic E-state index is 10.1. The predicted octanol–water partition coefficient (Wildman–Crippen LogP) is -0.118. The summed E-state index contributed by atoms with van der Waals surface area (Å²) in [6, 6.07) is 0. The molecule has 0 radical (unpaired) electrons. The third kappa shape index (κ3) is 7.24. The van der Waals surface area contributed by atoms with Gasteiger partial charge in [-0.25, -0.2) is 4.89 Å². The molecule has 0 saturated heterocycles. The second-order valence-electron chi connectivity index (χ2n) is 2.28. The molecule has 0 fully saturated rings. The highest BCUT2D eigenvalue weighted by molar-refractivity contribution is 5.66. The second-order valence-corrected chi connectivity index (χ2v) is 2.28. The zero-order valence-electron chi connectivity index (χ0n) is 6.49. The smallest absolute Gasteiger partial charge is 0.304 e. The van der Waals surface area contributed by atoms with E-state index in [-0.39, 0.29) is 13.0 Å². The largest absolute Gasteiger partial charge is 0.481 e. The Labute approximate surface area is 65.1 Å². The van der Waals surface area contributed by atoms with E-state index < -0.39 is 5.97 Å². The van der Waals surface area contributed by atoms with E-state index in [9.17, 15) is 4.79 Å². The van der Waals surface area contributed by atoms with Gasteiger partial charge in [-0.05, 0) is 7.05 Å². The molecule has 11 heavy (non-hydrogen) atoms. The molecular formula is C6H13NO4. The molecule has 2 N–H and O–H groups in total. The Hall–Kier alpha value is -0.650. The normalized spacial score (nSPS) is 10.5. The van der Waals surface area contributed by atoms with Crippen molar-refractivity contribution in [3.8, 4) is 0 Å². The Balaban J connectivity index is 3.22. The van der Waals surface area contributed by atoms with Crippen molar-refractivity contribution in [2.45, 2.75) is 6.42 Å². The Bertz CT molecular complexity index is 117. The topological polar surface area (TPSA) is 70.0 Å². The molecule has 66 valence electrons. The van der Waals surface area contributed by atoms with Crippen molar-refractivity contribution in [2.24, 2.45) is 0 Å². The maximum absolute atomic E-state index is 10.1. The van der Waals surface area contributed by atoms with Gasteiger partial charge in [0.25, 0.3) is 0 Å². The van der Waals surface area contributed by atoms with E-state index >= 15 is 0 Å². The van der Waals surface area contributed by atoms with Crippen molar-refractivity contribution in [2.75, 3.05) is 26.7 Å². The van der Waals surface area contributed by atoms with Gasteiger partial charge in [-0.1, -0.05) is 0 Å². The van der Waals surface area contributed by atoms with Crippen molar-refractivity contribution in [1.29, 1.82) is 0 Å². The van der Waals surface area contributed by atoms with Gasteiger partial charge in [-0.2, -0.15) is 0 Å². The first-order chi connectivity index (χ1) is 5.16. The molecule has 0 aliphatic rings. The van der Waals surface area contributed by atoms with Crippen LogP contribution in [0.3, 0.4) is 0 Å². The molecule has 0 rings (SSSR count). The standard InChI is InChI=1S/C6H13NO4/c1-7(4-5-11-10)3-2-6(8)9/h10H,2-5H2,1H3,(H,8,9). The van der Waals surface area contributed by atoms with E-state index in [1.807, 2.05) is 0 Å². The van der Waals surface area contributed by atoms with Crippen molar-refractivity contribution >= 4 is 5.97 Å². The van der Waals surface area contributed by atoms with E-state index in [2.05, 4.69) is 4.89 Å². The molecule has 0 spiro atoms. The highest BCUT2D eigenvalue weighted by Gasteiger charge is 2.01. The first-order valence-corrected chi connectivity index (χ1v) is 3.33. The van der Waals surface area contributed by atoms with Gasteiger partial charge in [0.15, 0.2) is 0 Å². The van der Waals surface area contributed by atoms with Crippen LogP contribution in [0.1, 0.15) is 6.42 Å². The molecule has 0 aromatic rings. The average molecular weight is 163 g/mol. The summed E-state index contributed by atoms with van der Waals surface area (Å²) in [5.41, 5.74) is 0. The summed E-state index contributed by atoms with van der Waals surface area (Å²) in [7, 11) is 1.77. The Morgan fingerprint density at radius 2 is 2.18 bits per heavy atom. The van der Waals surface area contributed by atoms with E-state index in [0.717, 1.165) is 0 Å². The number of hydrogen-bond acceptors (Lipinski definition) is 4. The summed E-state index contributed by atoms with van der Waals surface area (Å²) in [6.45, 7) is 1.21. The minimum absolute atomic E-state index is 0.113. The molecule has 0 aromatic carbocycles. The predicted molar refractivity (Wildman–Crippen MR) is 38.3 cm³/mol. The molecule has 0 amide bonds. The van der Waals surface area contributed by atoms with E-state index in [1.165, 1.54) is 0 Å². The van der Waals surface area contributed by atoms with Gasteiger partial charge >= 0.3 is 5.97 Å². The van der Waals surface area contributed by atoms with Crippen molar-refractivity contribution in [3.63, 3.8) is 0 Å². The summed E-state index contributed by atoms with van der Waals surface area (Å²) in [5, 5.41) is 16.2. The van der Waals surface area contributed by atoms with Crippen LogP contribution in [0.2, 0.25) is 0 Å². The number of carboxylic acids is 1. The Morgan fingerprint density at radius 1 is 1.55 bits per heavy atom. The lowest BCUT2D eigenvalue weighted by Crippen LogP contribution is -2.25. The fourth-order valence-corrected chi connectivity index (χ4v) is 0.595. The van der Waals surface area contributed by atoms with Crippen LogP contribution >= 0.6 is 0 Å². The van der Waals surface area contributed by atoms with Crippen LogP contribution in [0.5, 0.6) is 0 Å². The molecule has 0 saturated carbocycles. The van der Waals surface area contributed by atoms with Gasteiger partial charge in [-0.3, -0.25) is 10.1 Å². The van der Waals surface area contributed by atoms with Crippen LogP contribution in [0.4, 0.5) is 0 Å². The minimum Gasteiger partial charge on any atom is -0.481 e. The van der Waals surface area contributed by atoms with Gasteiger partial charge in [-0.15, -0.1) is 0 Å². The van der Waals surface area contributed by atoms with Gasteiger partial charge in [0, 0.05) is 13.1 Å². The number of likely N-dealkylation sites (N-methyl/N-ethyl adjacent to an activating group) is 1. The molecule has 0 aromatic heterocycles. The van der Waals surface area contributed by atoms with Crippen molar-refractivity contribution in [3.05, 3.63) is 0 Å². The second kappa shape index (κ2) is 6.09. The highest BCUT2D eigenvalue weighted by Crippen LogP contribution is 1.86. The first-order valence-electron chi connectivity index (χ1n) is 3.33. The van der Waals surface area contributed by atoms with Gasteiger partial charge in [0.1, 0.15) is 0 Å². The summed E-state index contributed by atoms with van der Waals surface area (Å²) < 4.78 is 0. The van der Waals surface area contributed by atoms with E-state index in [0.29, 0.717) is 13.1 Å². The number of hydrogen-bond donors (Lipinski definition) is 2. The lowest BCUT2D eigenvalue weighted by molar-refractivity contribution is -0.243. The van der Waals surface area contributed by atoms with E-state index in [1.54, 1.807) is 11.9 Å². The van der Waals surface area contributed by atoms with Crippen LogP contribution in [-0.2, 0) is 9.68 Å². The number of aliphatic carboxylic acids is 1. The molecule has 0 unspecified atom stereocenters. The first kappa shape index (κ1) is 10.3. The highest BCUT2D eigenvalue weighted by atomic mass is 17.1. The molecule has 0 bridgehead atoms. The maximum Gasteiger partial charge on any atom is 0.304 e. The fourth-order valence-electron chi connectivity index (χ4n) is 0.595. The SMILES string of the molecule is CN(CCOO)CCC(=O)O. The molecular weight excluding hydrogens is 150 g/mol. The van der Waals surface area contributed by atoms with E-state index in [4.69, 9.17) is 10.4 Å². The summed E-state index contributed by atoms with van der Waals surface area (Å²) >= 11 is 0. The molecule has 0 aliphatic carbocycles. The number of rotatable bonds is 6. The molecule has 0 atom stereocenters. The summed E-state index contributed by atoms with van der Waals surface area (Å²) in [4.78, 5) is 15.7. The average Bonchev–Trinajstić information content (AvgIpc) is 1.97. The molecule has 0 heterocycles. The van der Waals surface area contributed by atoms with Crippen molar-refractivity contribution < 1.29 is 20.0 Å². The third-order valence-electron chi connectivity index (χ3n) is 1.27. The van der Waals surface area contributed by atoms with Crippen LogP contribution in [-0.4, -0.2) is 48.0 Å². The minimum atomic E-state index is -0.818. The number of carboxylic acid groups (broad SMARTS) is 1. The zero-order valence-corrected chi connectivity index (χ0v) is 6.49. The van der Waals surface area contributed by atoms with Crippen LogP contribution < -0.4 is 0 Å². The van der Waals surface area contributed by atoms with Crippen LogP contribution in [0, 0.1) is 0 Å². The zero-order chi connectivity index (χ0) is 8.69. The fraction of sp³-hybridized carbons (Fsp3) is 0.833. The lowest BCUT2D eigenvalue weighted by Gasteiger charge is -2.13. The van der Waals surface area contributed by atoms with Gasteiger partial charge in [0.2, 0.25) is 0 Å². The number of carbonyl (C=O) groups is 1. The summed E-state index contributed by atoms with van der Waals surface area (Å²) in [5.74, 6) is -0.818. The summed E-state index contributed by atoms with van der Waals surface area (Å²) in [6.07, 6.45) is 0.113. The molecule has 5 nitrogen and oxygen atoms in total. The van der Waals surface area contributed by atoms with Crippen LogP contribution in [0.25, 0.3) is 0 Å². The third-order valence-corrected chi connectivity index (χ3v) is 1.27. The molecule has 5 heteroatoms. The monoisotopic (exact) mass is 163 g/mol.